The molecule has 0 fully saturated rings. The van der Waals surface area contributed by atoms with Crippen LogP contribution < -0.4 is 10.2 Å². The standard InChI is InChI=1S/C29H33N3O5/c1-19-25-21-7-3-5-9-24(21)32(19)11-13-36-15-17-37-16-14-35-12-10-31-18-22(20-6-2-4-8-23(20)31)26-27(25)29(34)30-28(26)33/h2-9,18-20,23,25H,10-17H2,1H3,(H,30,33,34). The van der Waals surface area contributed by atoms with E-state index in [1.165, 1.54) is 0 Å². The third kappa shape index (κ3) is 4.33. The van der Waals surface area contributed by atoms with Gasteiger partial charge in [-0.2, -0.15) is 0 Å². The molecule has 4 bridgehead atoms. The number of hydrogen-bond donors (Lipinski definition) is 1. The number of benzene rings is 1. The van der Waals surface area contributed by atoms with Crippen molar-refractivity contribution < 1.29 is 23.8 Å². The van der Waals surface area contributed by atoms with Gasteiger partial charge >= 0.3 is 0 Å². The van der Waals surface area contributed by atoms with Gasteiger partial charge in [0, 0.05) is 48.4 Å². The molecule has 4 heterocycles. The SMILES string of the molecule is CC1C2C3=C(C(=O)NC3=O)C3=CN(CCOCCOCCOCCN1c1ccccc12)C1C=CC=CC31. The largest absolute Gasteiger partial charge is 0.377 e. The van der Waals surface area contributed by atoms with Crippen LogP contribution in [0.15, 0.2) is 71.5 Å². The van der Waals surface area contributed by atoms with E-state index in [1.807, 2.05) is 24.3 Å². The molecule has 0 radical (unpaired) electrons. The van der Waals surface area contributed by atoms with Crippen molar-refractivity contribution in [3.05, 3.63) is 77.1 Å². The molecular formula is C29H33N3O5. The Kier molecular flexibility index (Phi) is 6.71. The molecule has 1 aromatic carbocycles. The first kappa shape index (κ1) is 24.2. The first-order valence-electron chi connectivity index (χ1n) is 13.2. The third-order valence-electron chi connectivity index (χ3n) is 7.99. The highest BCUT2D eigenvalue weighted by atomic mass is 16.5. The number of nitrogens with one attached hydrogen (secondary N) is 1. The second-order valence-corrected chi connectivity index (χ2v) is 9.99. The van der Waals surface area contributed by atoms with Crippen LogP contribution in [0.1, 0.15) is 18.4 Å². The number of carbonyl (C=O) groups is 2. The van der Waals surface area contributed by atoms with Crippen molar-refractivity contribution >= 4 is 17.5 Å². The number of allylic oxidation sites excluding steroid dienone is 2. The number of fused-ring (bicyclic) bond motifs is 11. The molecule has 4 unspecified atom stereocenters. The summed E-state index contributed by atoms with van der Waals surface area (Å²) in [5, 5.41) is 2.63. The first-order valence-corrected chi connectivity index (χ1v) is 13.2. The number of para-hydroxylation sites is 1. The molecule has 4 aliphatic heterocycles. The number of amides is 2. The Morgan fingerprint density at radius 1 is 0.865 bits per heavy atom. The average molecular weight is 504 g/mol. The Hall–Kier alpha value is -3.20. The van der Waals surface area contributed by atoms with Gasteiger partial charge in [-0.15, -0.1) is 0 Å². The van der Waals surface area contributed by atoms with Gasteiger partial charge in [0.05, 0.1) is 51.3 Å². The normalized spacial score (nSPS) is 30.2. The second kappa shape index (κ2) is 10.3. The van der Waals surface area contributed by atoms with E-state index in [0.29, 0.717) is 63.9 Å². The van der Waals surface area contributed by atoms with E-state index < -0.39 is 0 Å². The molecule has 0 saturated carbocycles. The van der Waals surface area contributed by atoms with E-state index in [0.717, 1.165) is 16.8 Å². The molecule has 5 aliphatic rings. The van der Waals surface area contributed by atoms with Crippen molar-refractivity contribution in [2.75, 3.05) is 57.6 Å². The van der Waals surface area contributed by atoms with Gasteiger partial charge in [0.2, 0.25) is 0 Å². The van der Waals surface area contributed by atoms with Crippen LogP contribution in [-0.4, -0.2) is 81.5 Å². The fourth-order valence-electron chi connectivity index (χ4n) is 6.31. The highest BCUT2D eigenvalue weighted by Crippen LogP contribution is 2.49. The number of rotatable bonds is 0. The van der Waals surface area contributed by atoms with E-state index in [-0.39, 0.29) is 35.7 Å². The van der Waals surface area contributed by atoms with E-state index in [1.54, 1.807) is 0 Å². The summed E-state index contributed by atoms with van der Waals surface area (Å²) in [5.41, 5.74) is 4.16. The molecule has 4 atom stereocenters. The average Bonchev–Trinajstić information content (AvgIpc) is 3.50. The van der Waals surface area contributed by atoms with E-state index >= 15 is 0 Å². The lowest BCUT2D eigenvalue weighted by molar-refractivity contribution is -0.124. The van der Waals surface area contributed by atoms with Crippen LogP contribution in [0.2, 0.25) is 0 Å². The molecule has 0 aromatic heterocycles. The van der Waals surface area contributed by atoms with Crippen LogP contribution in [0.5, 0.6) is 0 Å². The minimum Gasteiger partial charge on any atom is -0.377 e. The number of ether oxygens (including phenoxy) is 3. The Labute approximate surface area is 217 Å². The summed E-state index contributed by atoms with van der Waals surface area (Å²) >= 11 is 0. The van der Waals surface area contributed by atoms with Gasteiger partial charge in [-0.05, 0) is 24.1 Å². The molecule has 8 heteroatoms. The van der Waals surface area contributed by atoms with Crippen LogP contribution in [-0.2, 0) is 23.8 Å². The quantitative estimate of drug-likeness (QED) is 0.545. The van der Waals surface area contributed by atoms with Crippen molar-refractivity contribution in [2.45, 2.75) is 24.9 Å². The van der Waals surface area contributed by atoms with Crippen LogP contribution in [0.3, 0.4) is 0 Å². The highest BCUT2D eigenvalue weighted by molar-refractivity contribution is 6.22. The maximum atomic E-state index is 13.4. The van der Waals surface area contributed by atoms with Crippen LogP contribution in [0, 0.1) is 5.92 Å². The van der Waals surface area contributed by atoms with Crippen molar-refractivity contribution in [3.63, 3.8) is 0 Å². The summed E-state index contributed by atoms with van der Waals surface area (Å²) in [4.78, 5) is 31.3. The molecule has 6 rings (SSSR count). The van der Waals surface area contributed by atoms with Gasteiger partial charge in [-0.25, -0.2) is 0 Å². The zero-order chi connectivity index (χ0) is 25.4. The fraction of sp³-hybridized carbons (Fsp3) is 0.448. The lowest BCUT2D eigenvalue weighted by atomic mass is 9.80. The highest BCUT2D eigenvalue weighted by Gasteiger charge is 2.47. The molecule has 37 heavy (non-hydrogen) atoms. The van der Waals surface area contributed by atoms with Crippen molar-refractivity contribution in [1.29, 1.82) is 0 Å². The minimum absolute atomic E-state index is 0.00275. The monoisotopic (exact) mass is 503 g/mol. The van der Waals surface area contributed by atoms with Gasteiger partial charge in [0.25, 0.3) is 11.8 Å². The Balaban J connectivity index is 1.44. The maximum Gasteiger partial charge on any atom is 0.258 e. The van der Waals surface area contributed by atoms with Crippen molar-refractivity contribution in [3.8, 4) is 0 Å². The molecule has 0 spiro atoms. The lowest BCUT2D eigenvalue weighted by Crippen LogP contribution is -2.36. The molecule has 1 aromatic rings. The van der Waals surface area contributed by atoms with E-state index in [9.17, 15) is 9.59 Å². The molecule has 194 valence electrons. The van der Waals surface area contributed by atoms with Crippen LogP contribution >= 0.6 is 0 Å². The number of hydrogen-bond acceptors (Lipinski definition) is 7. The fourth-order valence-corrected chi connectivity index (χ4v) is 6.31. The summed E-state index contributed by atoms with van der Waals surface area (Å²) in [6.07, 6.45) is 10.4. The van der Waals surface area contributed by atoms with Gasteiger partial charge in [0.15, 0.2) is 0 Å². The topological polar surface area (TPSA) is 80.3 Å². The Bertz CT molecular complexity index is 1200. The molecule has 1 N–H and O–H groups in total. The number of imide groups is 1. The summed E-state index contributed by atoms with van der Waals surface area (Å²) in [5.74, 6) is -0.817. The smallest absolute Gasteiger partial charge is 0.258 e. The van der Waals surface area contributed by atoms with E-state index in [4.69, 9.17) is 14.2 Å². The molecule has 2 amide bonds. The van der Waals surface area contributed by atoms with Crippen molar-refractivity contribution in [1.82, 2.24) is 10.2 Å². The molecule has 1 aliphatic carbocycles. The number of carbonyl (C=O) groups excluding carboxylic acids is 2. The van der Waals surface area contributed by atoms with Gasteiger partial charge in [-0.3, -0.25) is 14.9 Å². The summed E-state index contributed by atoms with van der Waals surface area (Å²) in [6.45, 7) is 6.67. The van der Waals surface area contributed by atoms with Crippen LogP contribution in [0.25, 0.3) is 0 Å². The predicted molar refractivity (Wildman–Crippen MR) is 139 cm³/mol. The summed E-state index contributed by atoms with van der Waals surface area (Å²) in [7, 11) is 0. The van der Waals surface area contributed by atoms with E-state index in [2.05, 4.69) is 52.5 Å². The Morgan fingerprint density at radius 2 is 1.57 bits per heavy atom. The summed E-state index contributed by atoms with van der Waals surface area (Å²) in [6, 6.07) is 8.28. The lowest BCUT2D eigenvalue weighted by Gasteiger charge is -2.29. The number of nitrogens with zero attached hydrogens (tertiary/aromatic N) is 2. The first-order chi connectivity index (χ1) is 18.1. The predicted octanol–water partition coefficient (Wildman–Crippen LogP) is 2.31. The third-order valence-corrected chi connectivity index (χ3v) is 7.99. The molecule has 0 saturated heterocycles. The van der Waals surface area contributed by atoms with Gasteiger partial charge in [-0.1, -0.05) is 42.5 Å². The number of anilines is 1. The zero-order valence-corrected chi connectivity index (χ0v) is 21.1. The second-order valence-electron chi connectivity index (χ2n) is 9.99. The van der Waals surface area contributed by atoms with Crippen molar-refractivity contribution in [2.24, 2.45) is 5.92 Å². The van der Waals surface area contributed by atoms with Crippen LogP contribution in [0.4, 0.5) is 5.69 Å². The zero-order valence-electron chi connectivity index (χ0n) is 21.1. The Morgan fingerprint density at radius 3 is 2.38 bits per heavy atom. The molecular weight excluding hydrogens is 470 g/mol. The summed E-state index contributed by atoms with van der Waals surface area (Å²) < 4.78 is 17.3. The minimum atomic E-state index is -0.305. The van der Waals surface area contributed by atoms with Gasteiger partial charge in [0.1, 0.15) is 0 Å². The molecule has 8 nitrogen and oxygen atoms in total. The van der Waals surface area contributed by atoms with Gasteiger partial charge < -0.3 is 24.0 Å². The maximum absolute atomic E-state index is 13.4.